The van der Waals surface area contributed by atoms with Crippen molar-refractivity contribution in [3.8, 4) is 0 Å². The van der Waals surface area contributed by atoms with E-state index in [2.05, 4.69) is 5.32 Å². The molecule has 0 spiro atoms. The molecule has 1 aromatic carbocycles. The number of nitrogens with one attached hydrogen (secondary N) is 1. The zero-order chi connectivity index (χ0) is 24.5. The van der Waals surface area contributed by atoms with E-state index < -0.39 is 17.9 Å². The van der Waals surface area contributed by atoms with E-state index in [9.17, 15) is 14.4 Å². The van der Waals surface area contributed by atoms with Gasteiger partial charge in [0.05, 0.1) is 18.4 Å². The monoisotopic (exact) mass is 470 g/mol. The first kappa shape index (κ1) is 25.9. The highest BCUT2D eigenvalue weighted by atomic mass is 16.5. The van der Waals surface area contributed by atoms with Crippen LogP contribution in [0.4, 0.5) is 0 Å². The lowest BCUT2D eigenvalue weighted by atomic mass is 9.69. The summed E-state index contributed by atoms with van der Waals surface area (Å²) in [6.45, 7) is 5.03. The normalized spacial score (nSPS) is 25.8. The van der Waals surface area contributed by atoms with Crippen molar-refractivity contribution in [2.75, 3.05) is 19.8 Å². The number of amides is 2. The summed E-state index contributed by atoms with van der Waals surface area (Å²) in [6.07, 6.45) is 7.92. The number of esters is 1. The highest BCUT2D eigenvalue weighted by molar-refractivity contribution is 5.96. The molecule has 2 amide bonds. The molecule has 0 bridgehead atoms. The molecule has 3 rings (SSSR count). The number of allylic oxidation sites excluding steroid dienone is 1. The molecular weight excluding hydrogens is 432 g/mol. The van der Waals surface area contributed by atoms with Crippen molar-refractivity contribution >= 4 is 17.8 Å². The third kappa shape index (κ3) is 5.87. The Morgan fingerprint density at radius 3 is 2.47 bits per heavy atom. The molecule has 1 fully saturated rings. The number of fused-ring (bicyclic) bond motifs is 1. The lowest BCUT2D eigenvalue weighted by molar-refractivity contribution is -0.155. The molecule has 186 valence electrons. The summed E-state index contributed by atoms with van der Waals surface area (Å²) >= 11 is 0. The number of hydrogen-bond donors (Lipinski definition) is 2. The van der Waals surface area contributed by atoms with Crippen molar-refractivity contribution < 1.29 is 24.2 Å². The second-order valence-electron chi connectivity index (χ2n) is 9.16. The van der Waals surface area contributed by atoms with E-state index in [0.717, 1.165) is 37.7 Å². The predicted molar refractivity (Wildman–Crippen MR) is 129 cm³/mol. The molecule has 34 heavy (non-hydrogen) atoms. The molecule has 7 nitrogen and oxygen atoms in total. The van der Waals surface area contributed by atoms with Gasteiger partial charge in [-0.2, -0.15) is 0 Å². The molecule has 1 aromatic rings. The van der Waals surface area contributed by atoms with Crippen LogP contribution in [0.2, 0.25) is 0 Å². The molecule has 0 aromatic heterocycles. The van der Waals surface area contributed by atoms with E-state index in [1.807, 2.05) is 49.4 Å². The minimum atomic E-state index is -0.648. The SMILES string of the molecule is CCOC(=O)[C@H]1[C@@H]2C(=O)N(CCCCCCO)[C@H](C(=O)NCc3ccccc3)[C@H]2C=C[C@H]1CC. The van der Waals surface area contributed by atoms with Crippen molar-refractivity contribution in [2.45, 2.75) is 58.5 Å². The lowest BCUT2D eigenvalue weighted by Gasteiger charge is -2.33. The van der Waals surface area contributed by atoms with Crippen LogP contribution in [-0.4, -0.2) is 53.6 Å². The maximum absolute atomic E-state index is 13.7. The summed E-state index contributed by atoms with van der Waals surface area (Å²) < 4.78 is 5.36. The van der Waals surface area contributed by atoms with Crippen molar-refractivity contribution in [2.24, 2.45) is 23.7 Å². The number of rotatable bonds is 12. The molecule has 0 radical (unpaired) electrons. The number of nitrogens with zero attached hydrogens (tertiary/aromatic N) is 1. The molecule has 1 aliphatic carbocycles. The van der Waals surface area contributed by atoms with Gasteiger partial charge in [0.1, 0.15) is 6.04 Å². The van der Waals surface area contributed by atoms with Gasteiger partial charge in [0, 0.05) is 25.6 Å². The Bertz CT molecular complexity index is 856. The second kappa shape index (κ2) is 12.7. The van der Waals surface area contributed by atoms with Crippen LogP contribution >= 0.6 is 0 Å². The van der Waals surface area contributed by atoms with Gasteiger partial charge in [-0.3, -0.25) is 14.4 Å². The van der Waals surface area contributed by atoms with E-state index in [-0.39, 0.29) is 42.8 Å². The van der Waals surface area contributed by atoms with Gasteiger partial charge in [0.25, 0.3) is 0 Å². The van der Waals surface area contributed by atoms with Gasteiger partial charge in [-0.05, 0) is 37.7 Å². The summed E-state index contributed by atoms with van der Waals surface area (Å²) in [5.41, 5.74) is 0.988. The molecule has 0 unspecified atom stereocenters. The van der Waals surface area contributed by atoms with Crippen LogP contribution in [-0.2, 0) is 25.7 Å². The van der Waals surface area contributed by atoms with Crippen LogP contribution in [0.5, 0.6) is 0 Å². The zero-order valence-corrected chi connectivity index (χ0v) is 20.3. The van der Waals surface area contributed by atoms with Crippen LogP contribution in [0.25, 0.3) is 0 Å². The second-order valence-corrected chi connectivity index (χ2v) is 9.16. The highest BCUT2D eigenvalue weighted by Gasteiger charge is 2.57. The standard InChI is InChI=1S/C27H38N2O5/c1-3-20-14-15-21-23(22(20)27(33)34-4-2)26(32)29(16-10-5-6-11-17-30)24(21)25(31)28-18-19-12-8-7-9-13-19/h7-9,12-15,20-24,30H,3-6,10-11,16-18H2,1-2H3,(H,28,31)/t20-,21+,22-,23-,24+/m1/s1. The fourth-order valence-corrected chi connectivity index (χ4v) is 5.32. The zero-order valence-electron chi connectivity index (χ0n) is 20.3. The maximum Gasteiger partial charge on any atom is 0.310 e. The number of benzene rings is 1. The average Bonchev–Trinajstić information content (AvgIpc) is 3.14. The first-order valence-corrected chi connectivity index (χ1v) is 12.6. The number of likely N-dealkylation sites (tertiary alicyclic amines) is 1. The quantitative estimate of drug-likeness (QED) is 0.278. The van der Waals surface area contributed by atoms with E-state index in [4.69, 9.17) is 9.84 Å². The van der Waals surface area contributed by atoms with Crippen molar-refractivity contribution in [1.82, 2.24) is 10.2 Å². The summed E-state index contributed by atoms with van der Waals surface area (Å²) in [5, 5.41) is 12.0. The number of unbranched alkanes of at least 4 members (excludes halogenated alkanes) is 3. The Hall–Kier alpha value is -2.67. The Kier molecular flexibility index (Phi) is 9.69. The Morgan fingerprint density at radius 2 is 1.79 bits per heavy atom. The van der Waals surface area contributed by atoms with E-state index in [0.29, 0.717) is 13.1 Å². The van der Waals surface area contributed by atoms with Crippen molar-refractivity contribution in [3.05, 3.63) is 48.0 Å². The minimum Gasteiger partial charge on any atom is -0.466 e. The molecule has 2 N–H and O–H groups in total. The highest BCUT2D eigenvalue weighted by Crippen LogP contribution is 2.45. The van der Waals surface area contributed by atoms with Gasteiger partial charge in [0.2, 0.25) is 11.8 Å². The van der Waals surface area contributed by atoms with Crippen LogP contribution in [0.1, 0.15) is 51.5 Å². The lowest BCUT2D eigenvalue weighted by Crippen LogP contribution is -2.47. The smallest absolute Gasteiger partial charge is 0.310 e. The molecule has 5 atom stereocenters. The molecule has 1 aliphatic heterocycles. The number of carbonyl (C=O) groups excluding carboxylic acids is 3. The van der Waals surface area contributed by atoms with Gasteiger partial charge < -0.3 is 20.1 Å². The van der Waals surface area contributed by atoms with Crippen LogP contribution in [0, 0.1) is 23.7 Å². The maximum atomic E-state index is 13.7. The number of ether oxygens (including phenoxy) is 1. The molecule has 2 aliphatic rings. The fourth-order valence-electron chi connectivity index (χ4n) is 5.32. The predicted octanol–water partition coefficient (Wildman–Crippen LogP) is 3.07. The average molecular weight is 471 g/mol. The largest absolute Gasteiger partial charge is 0.466 e. The first-order chi connectivity index (χ1) is 16.5. The van der Waals surface area contributed by atoms with Gasteiger partial charge in [0.15, 0.2) is 0 Å². The number of aliphatic hydroxyl groups excluding tert-OH is 1. The Balaban J connectivity index is 1.83. The van der Waals surface area contributed by atoms with Gasteiger partial charge >= 0.3 is 5.97 Å². The van der Waals surface area contributed by atoms with Gasteiger partial charge in [-0.25, -0.2) is 0 Å². The minimum absolute atomic E-state index is 0.0817. The first-order valence-electron chi connectivity index (χ1n) is 12.6. The van der Waals surface area contributed by atoms with Gasteiger partial charge in [-0.15, -0.1) is 0 Å². The van der Waals surface area contributed by atoms with Crippen molar-refractivity contribution in [1.29, 1.82) is 0 Å². The third-order valence-corrected chi connectivity index (χ3v) is 7.03. The third-order valence-electron chi connectivity index (χ3n) is 7.03. The molecule has 1 saturated heterocycles. The molecular formula is C27H38N2O5. The summed E-state index contributed by atoms with van der Waals surface area (Å²) in [4.78, 5) is 41.7. The Labute approximate surface area is 202 Å². The van der Waals surface area contributed by atoms with E-state index >= 15 is 0 Å². The number of aliphatic hydroxyl groups is 1. The summed E-state index contributed by atoms with van der Waals surface area (Å²) in [5.74, 6) is -2.28. The van der Waals surface area contributed by atoms with Crippen LogP contribution in [0.3, 0.4) is 0 Å². The van der Waals surface area contributed by atoms with E-state index in [1.54, 1.807) is 11.8 Å². The van der Waals surface area contributed by atoms with Gasteiger partial charge in [-0.1, -0.05) is 62.2 Å². The van der Waals surface area contributed by atoms with Crippen LogP contribution in [0.15, 0.2) is 42.5 Å². The number of carbonyl (C=O) groups is 3. The molecule has 7 heteroatoms. The fraction of sp³-hybridized carbons (Fsp3) is 0.593. The van der Waals surface area contributed by atoms with E-state index in [1.165, 1.54) is 0 Å². The number of hydrogen-bond acceptors (Lipinski definition) is 5. The summed E-state index contributed by atoms with van der Waals surface area (Å²) in [7, 11) is 0. The van der Waals surface area contributed by atoms with Crippen LogP contribution < -0.4 is 5.32 Å². The Morgan fingerprint density at radius 1 is 1.06 bits per heavy atom. The van der Waals surface area contributed by atoms with Crippen molar-refractivity contribution in [3.63, 3.8) is 0 Å². The molecule has 0 saturated carbocycles. The molecule has 1 heterocycles. The summed E-state index contributed by atoms with van der Waals surface area (Å²) in [6, 6.07) is 9.03. The topological polar surface area (TPSA) is 95.9 Å².